The molecule has 1 saturated heterocycles. The Labute approximate surface area is 173 Å². The Morgan fingerprint density at radius 3 is 2.40 bits per heavy atom. The highest BCUT2D eigenvalue weighted by Gasteiger charge is 2.21. The average molecular weight is 419 g/mol. The van der Waals surface area contributed by atoms with Gasteiger partial charge in [0.1, 0.15) is 17.5 Å². The van der Waals surface area contributed by atoms with Crippen LogP contribution in [0.25, 0.3) is 0 Å². The molecule has 0 spiro atoms. The van der Waals surface area contributed by atoms with E-state index >= 15 is 0 Å². The molecule has 30 heavy (non-hydrogen) atoms. The number of benzene rings is 2. The van der Waals surface area contributed by atoms with Crippen molar-refractivity contribution in [1.82, 2.24) is 15.1 Å². The van der Waals surface area contributed by atoms with Gasteiger partial charge in [0, 0.05) is 43.9 Å². The van der Waals surface area contributed by atoms with E-state index in [9.17, 15) is 22.8 Å². The van der Waals surface area contributed by atoms with Crippen LogP contribution in [0, 0.1) is 17.5 Å². The third kappa shape index (κ3) is 5.82. The largest absolute Gasteiger partial charge is 0.355 e. The van der Waals surface area contributed by atoms with Crippen molar-refractivity contribution in [1.29, 1.82) is 0 Å². The molecule has 1 N–H and O–H groups in total. The lowest BCUT2D eigenvalue weighted by Crippen LogP contribution is -2.40. The van der Waals surface area contributed by atoms with Gasteiger partial charge in [0.2, 0.25) is 5.91 Å². The standard InChI is InChI=1S/C22H24F3N3O2/c23-17-5-1-4-16(14-17)22(30)28-11-3-10-27(12-13-28)15-21(29)26-9-8-18-19(24)6-2-7-20(18)25/h1-2,4-7,14H,3,8-13,15H2,(H,26,29). The molecule has 1 aliphatic heterocycles. The van der Waals surface area contributed by atoms with Crippen LogP contribution in [0.15, 0.2) is 42.5 Å². The van der Waals surface area contributed by atoms with Crippen molar-refractivity contribution in [2.45, 2.75) is 12.8 Å². The normalized spacial score (nSPS) is 15.0. The lowest BCUT2D eigenvalue weighted by atomic mass is 10.1. The Hall–Kier alpha value is -2.87. The second-order valence-corrected chi connectivity index (χ2v) is 7.23. The molecule has 8 heteroatoms. The van der Waals surface area contributed by atoms with Gasteiger partial charge in [0.25, 0.3) is 5.91 Å². The van der Waals surface area contributed by atoms with Crippen LogP contribution in [-0.2, 0) is 11.2 Å². The van der Waals surface area contributed by atoms with Gasteiger partial charge in [0.15, 0.2) is 0 Å². The monoisotopic (exact) mass is 419 g/mol. The van der Waals surface area contributed by atoms with Crippen LogP contribution in [0.5, 0.6) is 0 Å². The summed E-state index contributed by atoms with van der Waals surface area (Å²) >= 11 is 0. The van der Waals surface area contributed by atoms with E-state index in [1.807, 2.05) is 4.90 Å². The first kappa shape index (κ1) is 21.8. The fourth-order valence-electron chi connectivity index (χ4n) is 3.49. The van der Waals surface area contributed by atoms with Gasteiger partial charge >= 0.3 is 0 Å². The van der Waals surface area contributed by atoms with Crippen LogP contribution in [0.3, 0.4) is 0 Å². The lowest BCUT2D eigenvalue weighted by molar-refractivity contribution is -0.122. The number of carbonyl (C=O) groups is 2. The molecule has 0 aromatic heterocycles. The van der Waals surface area contributed by atoms with E-state index in [0.29, 0.717) is 38.2 Å². The topological polar surface area (TPSA) is 52.7 Å². The fraction of sp³-hybridized carbons (Fsp3) is 0.364. The van der Waals surface area contributed by atoms with Crippen LogP contribution in [0.2, 0.25) is 0 Å². The number of nitrogens with zero attached hydrogens (tertiary/aromatic N) is 2. The minimum absolute atomic E-state index is 0.0425. The van der Waals surface area contributed by atoms with Crippen LogP contribution < -0.4 is 5.32 Å². The third-order valence-electron chi connectivity index (χ3n) is 5.07. The number of halogens is 3. The molecule has 2 aromatic carbocycles. The van der Waals surface area contributed by atoms with Crippen LogP contribution >= 0.6 is 0 Å². The molecule has 0 aliphatic carbocycles. The molecular weight excluding hydrogens is 395 g/mol. The number of rotatable bonds is 6. The minimum Gasteiger partial charge on any atom is -0.355 e. The molecule has 1 fully saturated rings. The Balaban J connectivity index is 1.45. The molecule has 0 bridgehead atoms. The highest BCUT2D eigenvalue weighted by Crippen LogP contribution is 2.13. The summed E-state index contributed by atoms with van der Waals surface area (Å²) in [7, 11) is 0. The molecule has 0 atom stereocenters. The van der Waals surface area contributed by atoms with E-state index in [1.54, 1.807) is 11.0 Å². The van der Waals surface area contributed by atoms with Gasteiger partial charge < -0.3 is 10.2 Å². The first-order chi connectivity index (χ1) is 14.4. The van der Waals surface area contributed by atoms with Crippen molar-refractivity contribution in [3.8, 4) is 0 Å². The molecule has 3 rings (SSSR count). The number of amides is 2. The molecule has 5 nitrogen and oxygen atoms in total. The maximum atomic E-state index is 13.6. The van der Waals surface area contributed by atoms with Gasteiger partial charge in [0.05, 0.1) is 6.54 Å². The first-order valence-electron chi connectivity index (χ1n) is 9.91. The summed E-state index contributed by atoms with van der Waals surface area (Å²) in [5, 5.41) is 2.68. The maximum absolute atomic E-state index is 13.6. The van der Waals surface area contributed by atoms with Gasteiger partial charge in [-0.05, 0) is 43.2 Å². The van der Waals surface area contributed by atoms with Gasteiger partial charge in [-0.1, -0.05) is 12.1 Å². The molecule has 0 saturated carbocycles. The predicted molar refractivity (Wildman–Crippen MR) is 106 cm³/mol. The van der Waals surface area contributed by atoms with Gasteiger partial charge in [-0.25, -0.2) is 13.2 Å². The Kier molecular flexibility index (Phi) is 7.46. The second-order valence-electron chi connectivity index (χ2n) is 7.23. The summed E-state index contributed by atoms with van der Waals surface area (Å²) in [6, 6.07) is 9.28. The van der Waals surface area contributed by atoms with Gasteiger partial charge in [-0.3, -0.25) is 14.5 Å². The van der Waals surface area contributed by atoms with Crippen LogP contribution in [0.4, 0.5) is 13.2 Å². The summed E-state index contributed by atoms with van der Waals surface area (Å²) in [6.45, 7) is 2.39. The summed E-state index contributed by atoms with van der Waals surface area (Å²) in [4.78, 5) is 28.3. The van der Waals surface area contributed by atoms with E-state index in [0.717, 1.165) is 0 Å². The number of hydrogen-bond acceptors (Lipinski definition) is 3. The zero-order chi connectivity index (χ0) is 21.5. The van der Waals surface area contributed by atoms with Crippen molar-refractivity contribution in [3.05, 3.63) is 71.0 Å². The SMILES string of the molecule is O=C(CN1CCCN(C(=O)c2cccc(F)c2)CC1)NCCc1c(F)cccc1F. The van der Waals surface area contributed by atoms with Gasteiger partial charge in [-0.2, -0.15) is 0 Å². The summed E-state index contributed by atoms with van der Waals surface area (Å²) in [6.07, 6.45) is 0.759. The Morgan fingerprint density at radius 2 is 1.67 bits per heavy atom. The molecule has 2 aromatic rings. The van der Waals surface area contributed by atoms with Gasteiger partial charge in [-0.15, -0.1) is 0 Å². The Morgan fingerprint density at radius 1 is 0.933 bits per heavy atom. The van der Waals surface area contributed by atoms with E-state index in [-0.39, 0.29) is 36.9 Å². The predicted octanol–water partition coefficient (Wildman–Crippen LogP) is 2.61. The second kappa shape index (κ2) is 10.2. The highest BCUT2D eigenvalue weighted by molar-refractivity contribution is 5.94. The molecule has 0 unspecified atom stereocenters. The number of carbonyl (C=O) groups excluding carboxylic acids is 2. The molecule has 1 aliphatic rings. The third-order valence-corrected chi connectivity index (χ3v) is 5.07. The van der Waals surface area contributed by atoms with Crippen molar-refractivity contribution in [3.63, 3.8) is 0 Å². The average Bonchev–Trinajstić information content (AvgIpc) is 2.95. The molecular formula is C22H24F3N3O2. The van der Waals surface area contributed by atoms with Crippen LogP contribution in [0.1, 0.15) is 22.3 Å². The fourth-order valence-corrected chi connectivity index (χ4v) is 3.49. The summed E-state index contributed by atoms with van der Waals surface area (Å²) < 4.78 is 40.6. The quantitative estimate of drug-likeness (QED) is 0.783. The molecule has 160 valence electrons. The van der Waals surface area contributed by atoms with E-state index < -0.39 is 17.5 Å². The summed E-state index contributed by atoms with van der Waals surface area (Å²) in [5.74, 6) is -2.17. The zero-order valence-corrected chi connectivity index (χ0v) is 16.5. The summed E-state index contributed by atoms with van der Waals surface area (Å²) in [5.41, 5.74) is 0.264. The van der Waals surface area contributed by atoms with Crippen molar-refractivity contribution in [2.75, 3.05) is 39.3 Å². The first-order valence-corrected chi connectivity index (χ1v) is 9.91. The van der Waals surface area contributed by atoms with Crippen LogP contribution in [-0.4, -0.2) is 60.9 Å². The lowest BCUT2D eigenvalue weighted by Gasteiger charge is -2.22. The number of nitrogens with one attached hydrogen (secondary N) is 1. The Bertz CT molecular complexity index is 887. The molecule has 1 heterocycles. The smallest absolute Gasteiger partial charge is 0.254 e. The minimum atomic E-state index is -0.625. The molecule has 0 radical (unpaired) electrons. The van der Waals surface area contributed by atoms with E-state index in [1.165, 1.54) is 36.4 Å². The zero-order valence-electron chi connectivity index (χ0n) is 16.5. The maximum Gasteiger partial charge on any atom is 0.254 e. The van der Waals surface area contributed by atoms with E-state index in [2.05, 4.69) is 5.32 Å². The van der Waals surface area contributed by atoms with Crippen molar-refractivity contribution < 1.29 is 22.8 Å². The molecule has 2 amide bonds. The highest BCUT2D eigenvalue weighted by atomic mass is 19.1. The van der Waals surface area contributed by atoms with E-state index in [4.69, 9.17) is 0 Å². The number of hydrogen-bond donors (Lipinski definition) is 1. The van der Waals surface area contributed by atoms with Crippen molar-refractivity contribution in [2.24, 2.45) is 0 Å². The van der Waals surface area contributed by atoms with Crippen molar-refractivity contribution >= 4 is 11.8 Å².